The highest BCUT2D eigenvalue weighted by Crippen LogP contribution is 2.31. The van der Waals surface area contributed by atoms with Gasteiger partial charge in [-0.3, -0.25) is 4.79 Å². The molecule has 0 bridgehead atoms. The molecule has 0 saturated carbocycles. The highest BCUT2D eigenvalue weighted by molar-refractivity contribution is 8.00. The van der Waals surface area contributed by atoms with Crippen LogP contribution >= 0.6 is 35.8 Å². The van der Waals surface area contributed by atoms with Crippen molar-refractivity contribution in [2.75, 3.05) is 13.1 Å². The normalized spacial score (nSPS) is 19.6. The number of benzene rings is 1. The summed E-state index contributed by atoms with van der Waals surface area (Å²) in [7, 11) is 0. The van der Waals surface area contributed by atoms with Gasteiger partial charge < -0.3 is 10.6 Å². The molecule has 1 amide bonds. The van der Waals surface area contributed by atoms with Crippen LogP contribution in [0.5, 0.6) is 0 Å². The number of hydrogen-bond donors (Lipinski definition) is 1. The van der Waals surface area contributed by atoms with Crippen LogP contribution in [0.4, 0.5) is 0 Å². The number of carbonyl (C=O) groups excluding carboxylic acids is 1. The number of carbonyl (C=O) groups is 1. The lowest BCUT2D eigenvalue weighted by Gasteiger charge is -2.26. The van der Waals surface area contributed by atoms with Crippen molar-refractivity contribution in [2.24, 2.45) is 5.73 Å². The molecule has 2 atom stereocenters. The highest BCUT2D eigenvalue weighted by atomic mass is 35.5. The molecule has 1 aliphatic rings. The minimum atomic E-state index is -0.132. The summed E-state index contributed by atoms with van der Waals surface area (Å²) in [5.74, 6) is 0.165. The van der Waals surface area contributed by atoms with Gasteiger partial charge in [-0.2, -0.15) is 0 Å². The average molecular weight is 335 g/mol. The Labute approximate surface area is 135 Å². The van der Waals surface area contributed by atoms with Gasteiger partial charge in [0.2, 0.25) is 5.91 Å². The Balaban J connectivity index is 0.00000200. The molecule has 1 saturated heterocycles. The third-order valence-corrected chi connectivity index (χ3v) is 5.03. The first kappa shape index (κ1) is 17.6. The molecule has 2 rings (SSSR count). The van der Waals surface area contributed by atoms with Crippen LogP contribution in [-0.4, -0.2) is 35.2 Å². The van der Waals surface area contributed by atoms with E-state index in [1.165, 1.54) is 11.8 Å². The minimum Gasteiger partial charge on any atom is -0.337 e. The minimum absolute atomic E-state index is 0. The molecule has 112 valence electrons. The highest BCUT2D eigenvalue weighted by Gasteiger charge is 2.30. The molecule has 0 aliphatic carbocycles. The maximum absolute atomic E-state index is 12.4. The fraction of sp³-hybridized carbons (Fsp3) is 0.500. The Morgan fingerprint density at radius 1 is 1.55 bits per heavy atom. The Bertz CT molecular complexity index is 459. The van der Waals surface area contributed by atoms with E-state index in [4.69, 9.17) is 17.3 Å². The predicted molar refractivity (Wildman–Crippen MR) is 87.8 cm³/mol. The smallest absolute Gasteiger partial charge is 0.236 e. The third-order valence-electron chi connectivity index (χ3n) is 3.42. The van der Waals surface area contributed by atoms with Crippen LogP contribution in [0, 0.1) is 0 Å². The SMILES string of the molecule is CC(Sc1ccccc1Cl)C(=O)N1CCCC1CN.Cl. The number of amides is 1. The summed E-state index contributed by atoms with van der Waals surface area (Å²) in [6.07, 6.45) is 2.07. The van der Waals surface area contributed by atoms with Crippen molar-refractivity contribution in [3.05, 3.63) is 29.3 Å². The van der Waals surface area contributed by atoms with E-state index in [1.807, 2.05) is 36.1 Å². The lowest BCUT2D eigenvalue weighted by Crippen LogP contribution is -2.43. The first-order valence-corrected chi connectivity index (χ1v) is 7.81. The summed E-state index contributed by atoms with van der Waals surface area (Å²) in [5, 5.41) is 0.566. The molecule has 1 aliphatic heterocycles. The Kier molecular flexibility index (Phi) is 7.17. The van der Waals surface area contributed by atoms with Crippen molar-refractivity contribution in [3.8, 4) is 0 Å². The van der Waals surface area contributed by atoms with Crippen molar-refractivity contribution in [2.45, 2.75) is 36.0 Å². The predicted octanol–water partition coefficient (Wildman–Crippen LogP) is 3.19. The van der Waals surface area contributed by atoms with Crippen molar-refractivity contribution in [1.29, 1.82) is 0 Å². The molecule has 6 heteroatoms. The van der Waals surface area contributed by atoms with E-state index >= 15 is 0 Å². The van der Waals surface area contributed by atoms with Gasteiger partial charge in [0.1, 0.15) is 0 Å². The Hall–Kier alpha value is -0.420. The van der Waals surface area contributed by atoms with E-state index < -0.39 is 0 Å². The molecule has 1 heterocycles. The second-order valence-electron chi connectivity index (χ2n) is 4.75. The second-order valence-corrected chi connectivity index (χ2v) is 6.54. The Morgan fingerprint density at radius 2 is 2.25 bits per heavy atom. The van der Waals surface area contributed by atoms with Crippen molar-refractivity contribution in [3.63, 3.8) is 0 Å². The molecule has 0 radical (unpaired) electrons. The van der Waals surface area contributed by atoms with Gasteiger partial charge in [0.05, 0.1) is 10.3 Å². The quantitative estimate of drug-likeness (QED) is 0.860. The third kappa shape index (κ3) is 4.04. The van der Waals surface area contributed by atoms with Crippen LogP contribution in [0.2, 0.25) is 5.02 Å². The monoisotopic (exact) mass is 334 g/mol. The summed E-state index contributed by atoms with van der Waals surface area (Å²) < 4.78 is 0. The van der Waals surface area contributed by atoms with E-state index in [-0.39, 0.29) is 29.6 Å². The molecular formula is C14H20Cl2N2OS. The van der Waals surface area contributed by atoms with Crippen molar-refractivity contribution in [1.82, 2.24) is 4.90 Å². The first-order chi connectivity index (χ1) is 9.13. The number of nitrogens with two attached hydrogens (primary N) is 1. The summed E-state index contributed by atoms with van der Waals surface area (Å²) in [4.78, 5) is 15.3. The van der Waals surface area contributed by atoms with Gasteiger partial charge in [-0.15, -0.1) is 24.2 Å². The van der Waals surface area contributed by atoms with Crippen LogP contribution in [0.1, 0.15) is 19.8 Å². The van der Waals surface area contributed by atoms with Crippen molar-refractivity contribution < 1.29 is 4.79 Å². The lowest BCUT2D eigenvalue weighted by atomic mass is 10.2. The zero-order chi connectivity index (χ0) is 13.8. The maximum Gasteiger partial charge on any atom is 0.236 e. The average Bonchev–Trinajstić information content (AvgIpc) is 2.88. The molecule has 2 unspecified atom stereocenters. The molecular weight excluding hydrogens is 315 g/mol. The van der Waals surface area contributed by atoms with Gasteiger partial charge in [0.15, 0.2) is 0 Å². The van der Waals surface area contributed by atoms with Gasteiger partial charge in [-0.05, 0) is 31.9 Å². The summed E-state index contributed by atoms with van der Waals surface area (Å²) in [5.41, 5.74) is 5.72. The standard InChI is InChI=1S/C14H19ClN2OS.ClH/c1-10(19-13-7-3-2-6-12(13)15)14(18)17-8-4-5-11(17)9-16;/h2-3,6-7,10-11H,4-5,8-9,16H2,1H3;1H. The Morgan fingerprint density at radius 3 is 2.90 bits per heavy atom. The summed E-state index contributed by atoms with van der Waals surface area (Å²) in [6, 6.07) is 7.83. The maximum atomic E-state index is 12.4. The van der Waals surface area contributed by atoms with Crippen molar-refractivity contribution >= 4 is 41.7 Å². The second kappa shape index (κ2) is 8.13. The van der Waals surface area contributed by atoms with Crippen LogP contribution in [0.15, 0.2) is 29.2 Å². The van der Waals surface area contributed by atoms with E-state index in [1.54, 1.807) is 0 Å². The number of thioether (sulfide) groups is 1. The number of halogens is 2. The number of nitrogens with zero attached hydrogens (tertiary/aromatic N) is 1. The van der Waals surface area contributed by atoms with Crippen LogP contribution < -0.4 is 5.73 Å². The van der Waals surface area contributed by atoms with E-state index in [2.05, 4.69) is 0 Å². The van der Waals surface area contributed by atoms with E-state index in [0.29, 0.717) is 11.6 Å². The largest absolute Gasteiger partial charge is 0.337 e. The molecule has 2 N–H and O–H groups in total. The fourth-order valence-electron chi connectivity index (χ4n) is 2.39. The zero-order valence-corrected chi connectivity index (χ0v) is 13.8. The van der Waals surface area contributed by atoms with Gasteiger partial charge in [0.25, 0.3) is 0 Å². The molecule has 0 spiro atoms. The van der Waals surface area contributed by atoms with Crippen LogP contribution in [0.25, 0.3) is 0 Å². The number of likely N-dealkylation sites (tertiary alicyclic amines) is 1. The lowest BCUT2D eigenvalue weighted by molar-refractivity contribution is -0.130. The molecule has 1 aromatic carbocycles. The van der Waals surface area contributed by atoms with E-state index in [9.17, 15) is 4.79 Å². The molecule has 3 nitrogen and oxygen atoms in total. The molecule has 0 aromatic heterocycles. The first-order valence-electron chi connectivity index (χ1n) is 6.55. The zero-order valence-electron chi connectivity index (χ0n) is 11.4. The topological polar surface area (TPSA) is 46.3 Å². The molecule has 20 heavy (non-hydrogen) atoms. The van der Waals surface area contributed by atoms with E-state index in [0.717, 1.165) is 24.3 Å². The fourth-order valence-corrected chi connectivity index (χ4v) is 3.61. The van der Waals surface area contributed by atoms with Gasteiger partial charge in [-0.1, -0.05) is 23.7 Å². The number of rotatable bonds is 4. The summed E-state index contributed by atoms with van der Waals surface area (Å²) in [6.45, 7) is 3.31. The number of hydrogen-bond acceptors (Lipinski definition) is 3. The van der Waals surface area contributed by atoms with Crippen LogP contribution in [0.3, 0.4) is 0 Å². The van der Waals surface area contributed by atoms with Crippen LogP contribution in [-0.2, 0) is 4.79 Å². The molecule has 1 fully saturated rings. The summed E-state index contributed by atoms with van der Waals surface area (Å²) >= 11 is 7.64. The van der Waals surface area contributed by atoms with Gasteiger partial charge in [-0.25, -0.2) is 0 Å². The van der Waals surface area contributed by atoms with Gasteiger partial charge >= 0.3 is 0 Å². The molecule has 1 aromatic rings. The van der Waals surface area contributed by atoms with Gasteiger partial charge in [0, 0.05) is 24.0 Å².